The van der Waals surface area contributed by atoms with Gasteiger partial charge in [0.15, 0.2) is 11.6 Å². The van der Waals surface area contributed by atoms with Gasteiger partial charge < -0.3 is 5.32 Å². The summed E-state index contributed by atoms with van der Waals surface area (Å²) in [5, 5.41) is 3.17. The molecule has 23 heavy (non-hydrogen) atoms. The molecular weight excluding hydrogens is 296 g/mol. The van der Waals surface area contributed by atoms with E-state index in [9.17, 15) is 8.78 Å². The minimum absolute atomic E-state index is 0.194. The van der Waals surface area contributed by atoms with E-state index in [1.165, 1.54) is 18.3 Å². The molecule has 0 aliphatic carbocycles. The van der Waals surface area contributed by atoms with E-state index in [1.54, 1.807) is 12.1 Å². The van der Waals surface area contributed by atoms with E-state index in [-0.39, 0.29) is 5.56 Å². The molecule has 0 unspecified atom stereocenters. The summed E-state index contributed by atoms with van der Waals surface area (Å²) in [5.74, 6) is -1.11. The van der Waals surface area contributed by atoms with Gasteiger partial charge in [0.1, 0.15) is 5.82 Å². The van der Waals surface area contributed by atoms with Gasteiger partial charge in [-0.15, -0.1) is 0 Å². The number of aryl methyl sites for hydroxylation is 2. The first-order valence-corrected chi connectivity index (χ1v) is 7.16. The molecule has 0 spiro atoms. The van der Waals surface area contributed by atoms with E-state index >= 15 is 0 Å². The zero-order valence-corrected chi connectivity index (χ0v) is 12.8. The molecule has 0 saturated heterocycles. The molecule has 1 N–H and O–H groups in total. The highest BCUT2D eigenvalue weighted by Crippen LogP contribution is 2.25. The van der Waals surface area contributed by atoms with E-state index in [0.29, 0.717) is 11.4 Å². The highest BCUT2D eigenvalue weighted by Gasteiger charge is 2.10. The molecule has 0 bridgehead atoms. The number of nitrogens with zero attached hydrogens (tertiary/aromatic N) is 2. The summed E-state index contributed by atoms with van der Waals surface area (Å²) >= 11 is 0. The number of benzene rings is 1. The molecule has 0 fully saturated rings. The van der Waals surface area contributed by atoms with Crippen molar-refractivity contribution in [2.24, 2.45) is 0 Å². The number of nitrogens with one attached hydrogen (secondary N) is 1. The van der Waals surface area contributed by atoms with Crippen molar-refractivity contribution in [1.82, 2.24) is 9.97 Å². The first-order chi connectivity index (χ1) is 11.0. The van der Waals surface area contributed by atoms with Crippen LogP contribution in [0.1, 0.15) is 11.4 Å². The monoisotopic (exact) mass is 311 g/mol. The van der Waals surface area contributed by atoms with Crippen LogP contribution in [0.25, 0.3) is 11.1 Å². The first kappa shape index (κ1) is 15.1. The van der Waals surface area contributed by atoms with Crippen LogP contribution in [-0.2, 0) is 0 Å². The van der Waals surface area contributed by atoms with E-state index in [4.69, 9.17) is 0 Å². The van der Waals surface area contributed by atoms with Gasteiger partial charge in [-0.25, -0.2) is 13.8 Å². The predicted molar refractivity (Wildman–Crippen MR) is 86.6 cm³/mol. The normalized spacial score (nSPS) is 10.6. The Labute approximate surface area is 133 Å². The Morgan fingerprint density at radius 3 is 2.35 bits per heavy atom. The van der Waals surface area contributed by atoms with Crippen molar-refractivity contribution in [3.8, 4) is 11.1 Å². The van der Waals surface area contributed by atoms with E-state index in [1.807, 2.05) is 26.0 Å². The van der Waals surface area contributed by atoms with E-state index in [2.05, 4.69) is 15.3 Å². The summed E-state index contributed by atoms with van der Waals surface area (Å²) in [6, 6.07) is 11.3. The lowest BCUT2D eigenvalue weighted by Crippen LogP contribution is -1.97. The lowest BCUT2D eigenvalue weighted by Gasteiger charge is -2.09. The molecule has 116 valence electrons. The molecule has 2 aromatic heterocycles. The third-order valence-electron chi connectivity index (χ3n) is 3.38. The van der Waals surface area contributed by atoms with Crippen LogP contribution in [0.3, 0.4) is 0 Å². The van der Waals surface area contributed by atoms with Gasteiger partial charge in [0, 0.05) is 34.4 Å². The number of rotatable bonds is 3. The Hall–Kier alpha value is -2.82. The van der Waals surface area contributed by atoms with Gasteiger partial charge in [-0.1, -0.05) is 12.1 Å². The highest BCUT2D eigenvalue weighted by molar-refractivity contribution is 5.66. The van der Waals surface area contributed by atoms with Crippen LogP contribution in [0.2, 0.25) is 0 Å². The van der Waals surface area contributed by atoms with Crippen molar-refractivity contribution < 1.29 is 8.78 Å². The Morgan fingerprint density at radius 1 is 0.957 bits per heavy atom. The molecular formula is C18H15F2N3. The van der Waals surface area contributed by atoms with Gasteiger partial charge in [0.2, 0.25) is 0 Å². The minimum atomic E-state index is -0.868. The van der Waals surface area contributed by atoms with Crippen LogP contribution < -0.4 is 5.32 Å². The Kier molecular flexibility index (Phi) is 4.02. The van der Waals surface area contributed by atoms with Gasteiger partial charge in [-0.3, -0.25) is 4.98 Å². The predicted octanol–water partition coefficient (Wildman–Crippen LogP) is 4.78. The van der Waals surface area contributed by atoms with Crippen molar-refractivity contribution in [3.05, 3.63) is 71.7 Å². The molecule has 3 nitrogen and oxygen atoms in total. The molecule has 0 aliphatic rings. The molecule has 2 heterocycles. The maximum absolute atomic E-state index is 13.8. The second-order valence-electron chi connectivity index (χ2n) is 5.30. The largest absolute Gasteiger partial charge is 0.340 e. The molecule has 1 aromatic carbocycles. The lowest BCUT2D eigenvalue weighted by atomic mass is 10.1. The van der Waals surface area contributed by atoms with Crippen LogP contribution in [0, 0.1) is 25.5 Å². The summed E-state index contributed by atoms with van der Waals surface area (Å²) in [4.78, 5) is 8.57. The summed E-state index contributed by atoms with van der Waals surface area (Å²) in [6.07, 6.45) is 1.51. The van der Waals surface area contributed by atoms with Gasteiger partial charge in [-0.05, 0) is 44.2 Å². The van der Waals surface area contributed by atoms with Crippen molar-refractivity contribution in [2.75, 3.05) is 5.32 Å². The smallest absolute Gasteiger partial charge is 0.166 e. The molecule has 0 aliphatic heterocycles. The SMILES string of the molecule is Cc1cc(Nc2ccc(-c3cccc(F)c3F)cn2)cc(C)n1. The number of aromatic nitrogens is 2. The number of hydrogen-bond acceptors (Lipinski definition) is 3. The maximum Gasteiger partial charge on any atom is 0.166 e. The van der Waals surface area contributed by atoms with Crippen LogP contribution in [0.15, 0.2) is 48.7 Å². The van der Waals surface area contributed by atoms with Crippen LogP contribution in [-0.4, -0.2) is 9.97 Å². The molecule has 5 heteroatoms. The average Bonchev–Trinajstić information content (AvgIpc) is 2.50. The van der Waals surface area contributed by atoms with Gasteiger partial charge >= 0.3 is 0 Å². The zero-order valence-electron chi connectivity index (χ0n) is 12.8. The van der Waals surface area contributed by atoms with Gasteiger partial charge in [0.25, 0.3) is 0 Å². The topological polar surface area (TPSA) is 37.8 Å². The number of pyridine rings is 2. The summed E-state index contributed by atoms with van der Waals surface area (Å²) < 4.78 is 27.1. The zero-order chi connectivity index (χ0) is 16.4. The second kappa shape index (κ2) is 6.12. The third kappa shape index (κ3) is 3.34. The van der Waals surface area contributed by atoms with Crippen molar-refractivity contribution in [3.63, 3.8) is 0 Å². The third-order valence-corrected chi connectivity index (χ3v) is 3.38. The molecule has 0 radical (unpaired) electrons. The summed E-state index contributed by atoms with van der Waals surface area (Å²) in [5.41, 5.74) is 3.42. The quantitative estimate of drug-likeness (QED) is 0.756. The number of anilines is 2. The molecule has 3 aromatic rings. The Bertz CT molecular complexity index is 825. The highest BCUT2D eigenvalue weighted by atomic mass is 19.2. The fraction of sp³-hybridized carbons (Fsp3) is 0.111. The van der Waals surface area contributed by atoms with Crippen LogP contribution in [0.4, 0.5) is 20.3 Å². The van der Waals surface area contributed by atoms with E-state index < -0.39 is 11.6 Å². The number of halogens is 2. The van der Waals surface area contributed by atoms with Crippen LogP contribution in [0.5, 0.6) is 0 Å². The first-order valence-electron chi connectivity index (χ1n) is 7.16. The summed E-state index contributed by atoms with van der Waals surface area (Å²) in [6.45, 7) is 3.84. The van der Waals surface area contributed by atoms with Gasteiger partial charge in [-0.2, -0.15) is 0 Å². The van der Waals surface area contributed by atoms with Crippen molar-refractivity contribution >= 4 is 11.5 Å². The Balaban J connectivity index is 1.86. The molecule has 0 atom stereocenters. The van der Waals surface area contributed by atoms with Crippen LogP contribution >= 0.6 is 0 Å². The average molecular weight is 311 g/mol. The van der Waals surface area contributed by atoms with Gasteiger partial charge in [0.05, 0.1) is 0 Å². The molecule has 3 rings (SSSR count). The van der Waals surface area contributed by atoms with Crippen molar-refractivity contribution in [1.29, 1.82) is 0 Å². The molecule has 0 saturated carbocycles. The minimum Gasteiger partial charge on any atom is -0.340 e. The molecule has 0 amide bonds. The van der Waals surface area contributed by atoms with Crippen molar-refractivity contribution in [2.45, 2.75) is 13.8 Å². The number of hydrogen-bond donors (Lipinski definition) is 1. The second-order valence-corrected chi connectivity index (χ2v) is 5.30. The summed E-state index contributed by atoms with van der Waals surface area (Å²) in [7, 11) is 0. The Morgan fingerprint density at radius 2 is 1.70 bits per heavy atom. The van der Waals surface area contributed by atoms with E-state index in [0.717, 1.165) is 23.1 Å². The fourth-order valence-corrected chi connectivity index (χ4v) is 2.41. The standard InChI is InChI=1S/C18H15F2N3/c1-11-8-14(9-12(2)22-11)23-17-7-6-13(10-21-17)15-4-3-5-16(19)18(15)20/h3-10H,1-2H3,(H,21,22,23). The lowest BCUT2D eigenvalue weighted by molar-refractivity contribution is 0.511. The fourth-order valence-electron chi connectivity index (χ4n) is 2.41. The maximum atomic E-state index is 13.8.